The van der Waals surface area contributed by atoms with Gasteiger partial charge in [-0.25, -0.2) is 9.79 Å². The molecule has 0 bridgehead atoms. The van der Waals surface area contributed by atoms with Gasteiger partial charge < -0.3 is 9.64 Å². The number of hydrogen-bond acceptors (Lipinski definition) is 3. The highest BCUT2D eigenvalue weighted by molar-refractivity contribution is 5.92. The summed E-state index contributed by atoms with van der Waals surface area (Å²) in [6.45, 7) is 7.52. The number of aliphatic imine (C=N–C) groups is 1. The summed E-state index contributed by atoms with van der Waals surface area (Å²) in [6, 6.07) is 8.41. The van der Waals surface area contributed by atoms with Gasteiger partial charge >= 0.3 is 12.1 Å². The van der Waals surface area contributed by atoms with Gasteiger partial charge in [-0.05, 0) is 68.7 Å². The Morgan fingerprint density at radius 1 is 1.17 bits per heavy atom. The molecule has 0 aromatic heterocycles. The van der Waals surface area contributed by atoms with Gasteiger partial charge in [-0.1, -0.05) is 12.1 Å². The van der Waals surface area contributed by atoms with E-state index in [2.05, 4.69) is 4.99 Å². The molecular weight excluding hydrogens is 381 g/mol. The van der Waals surface area contributed by atoms with Gasteiger partial charge in [-0.3, -0.25) is 0 Å². The minimum Gasteiger partial charge on any atom is -0.457 e. The third-order valence-electron chi connectivity index (χ3n) is 4.80. The molecule has 0 amide bonds. The maximum atomic E-state index is 12.8. The van der Waals surface area contributed by atoms with Crippen molar-refractivity contribution in [3.8, 4) is 0 Å². The maximum absolute atomic E-state index is 12.8. The molecule has 0 aliphatic heterocycles. The lowest BCUT2D eigenvalue weighted by atomic mass is 10.0. The van der Waals surface area contributed by atoms with Gasteiger partial charge in [0, 0.05) is 13.1 Å². The summed E-state index contributed by atoms with van der Waals surface area (Å²) in [5.74, 6) is -0.585. The van der Waals surface area contributed by atoms with E-state index in [1.165, 1.54) is 12.1 Å². The second kappa shape index (κ2) is 9.11. The van der Waals surface area contributed by atoms with E-state index in [1.54, 1.807) is 25.4 Å². The van der Waals surface area contributed by atoms with E-state index in [-0.39, 0.29) is 12.2 Å². The number of alkyl halides is 3. The number of carbonyl (C=O) groups is 1. The van der Waals surface area contributed by atoms with Gasteiger partial charge in [-0.2, -0.15) is 13.2 Å². The van der Waals surface area contributed by atoms with Crippen molar-refractivity contribution in [2.24, 2.45) is 4.99 Å². The van der Waals surface area contributed by atoms with E-state index in [0.29, 0.717) is 11.6 Å². The predicted molar refractivity (Wildman–Crippen MR) is 108 cm³/mol. The first-order valence-corrected chi connectivity index (χ1v) is 9.20. The molecule has 0 saturated carbocycles. The van der Waals surface area contributed by atoms with Crippen LogP contribution in [0.15, 0.2) is 41.4 Å². The first kappa shape index (κ1) is 22.5. The average molecular weight is 406 g/mol. The van der Waals surface area contributed by atoms with E-state index in [4.69, 9.17) is 4.74 Å². The SMILES string of the molecule is Cc1c(N=CN(C)C(C)C)ccc(C(=O)OCc2cccc(C(F)(F)F)c2)c1C. The van der Waals surface area contributed by atoms with Crippen LogP contribution in [0.1, 0.15) is 46.5 Å². The van der Waals surface area contributed by atoms with Gasteiger partial charge in [0.25, 0.3) is 0 Å². The lowest BCUT2D eigenvalue weighted by Crippen LogP contribution is -2.24. The van der Waals surface area contributed by atoms with E-state index >= 15 is 0 Å². The summed E-state index contributed by atoms with van der Waals surface area (Å²) < 4.78 is 43.6. The number of hydrogen-bond donors (Lipinski definition) is 0. The van der Waals surface area contributed by atoms with Crippen LogP contribution >= 0.6 is 0 Å². The van der Waals surface area contributed by atoms with Crippen LogP contribution in [0, 0.1) is 13.8 Å². The molecule has 2 aromatic carbocycles. The number of carbonyl (C=O) groups excluding carboxylic acids is 1. The Morgan fingerprint density at radius 3 is 2.48 bits per heavy atom. The molecule has 0 spiro atoms. The summed E-state index contributed by atoms with van der Waals surface area (Å²) in [4.78, 5) is 18.9. The molecule has 0 aliphatic rings. The average Bonchev–Trinajstić information content (AvgIpc) is 2.66. The fourth-order valence-electron chi connectivity index (χ4n) is 2.52. The summed E-state index contributed by atoms with van der Waals surface area (Å²) in [5, 5.41) is 0. The molecule has 0 N–H and O–H groups in total. The van der Waals surface area contributed by atoms with Crippen LogP contribution in [-0.4, -0.2) is 30.3 Å². The molecule has 0 saturated heterocycles. The first-order valence-electron chi connectivity index (χ1n) is 9.20. The molecule has 4 nitrogen and oxygen atoms in total. The summed E-state index contributed by atoms with van der Waals surface area (Å²) in [5.41, 5.74) is 2.18. The zero-order chi connectivity index (χ0) is 21.8. The quantitative estimate of drug-likeness (QED) is 0.352. The Balaban J connectivity index is 2.13. The molecule has 7 heteroatoms. The fourth-order valence-corrected chi connectivity index (χ4v) is 2.52. The van der Waals surface area contributed by atoms with Crippen molar-refractivity contribution in [3.05, 3.63) is 64.2 Å². The molecule has 0 radical (unpaired) electrons. The minimum atomic E-state index is -4.44. The normalized spacial score (nSPS) is 11.9. The maximum Gasteiger partial charge on any atom is 0.416 e. The largest absolute Gasteiger partial charge is 0.457 e. The molecule has 2 rings (SSSR count). The summed E-state index contributed by atoms with van der Waals surface area (Å²) in [7, 11) is 1.93. The van der Waals surface area contributed by atoms with Crippen LogP contribution in [0.3, 0.4) is 0 Å². The number of halogens is 3. The molecule has 29 heavy (non-hydrogen) atoms. The highest BCUT2D eigenvalue weighted by Gasteiger charge is 2.30. The highest BCUT2D eigenvalue weighted by Crippen LogP contribution is 2.30. The van der Waals surface area contributed by atoms with Crippen LogP contribution in [0.2, 0.25) is 0 Å². The number of esters is 1. The molecule has 156 valence electrons. The lowest BCUT2D eigenvalue weighted by Gasteiger charge is -2.17. The Kier molecular flexibility index (Phi) is 7.06. The van der Waals surface area contributed by atoms with E-state index < -0.39 is 17.7 Å². The number of ether oxygens (including phenoxy) is 1. The molecule has 2 aromatic rings. The second-order valence-electron chi connectivity index (χ2n) is 7.16. The van der Waals surface area contributed by atoms with E-state index in [9.17, 15) is 18.0 Å². The third kappa shape index (κ3) is 5.82. The molecule has 0 fully saturated rings. The van der Waals surface area contributed by atoms with Crippen LogP contribution in [0.25, 0.3) is 0 Å². The molecule has 0 heterocycles. The fraction of sp³-hybridized carbons (Fsp3) is 0.364. The van der Waals surface area contributed by atoms with Crippen molar-refractivity contribution in [2.75, 3.05) is 7.05 Å². The van der Waals surface area contributed by atoms with Crippen molar-refractivity contribution < 1.29 is 22.7 Å². The zero-order valence-electron chi connectivity index (χ0n) is 17.2. The van der Waals surface area contributed by atoms with Gasteiger partial charge in [0.1, 0.15) is 6.61 Å². The van der Waals surface area contributed by atoms with Gasteiger partial charge in [0.15, 0.2) is 0 Å². The molecule has 0 atom stereocenters. The van der Waals surface area contributed by atoms with Crippen LogP contribution in [-0.2, 0) is 17.5 Å². The second-order valence-corrected chi connectivity index (χ2v) is 7.16. The monoisotopic (exact) mass is 406 g/mol. The Bertz CT molecular complexity index is 905. The number of benzene rings is 2. The van der Waals surface area contributed by atoms with Crippen molar-refractivity contribution in [3.63, 3.8) is 0 Å². The smallest absolute Gasteiger partial charge is 0.416 e. The van der Waals surface area contributed by atoms with Crippen molar-refractivity contribution >= 4 is 18.0 Å². The van der Waals surface area contributed by atoms with Crippen LogP contribution in [0.4, 0.5) is 18.9 Å². The predicted octanol–water partition coefficient (Wildman–Crippen LogP) is 5.68. The zero-order valence-corrected chi connectivity index (χ0v) is 17.2. The third-order valence-corrected chi connectivity index (χ3v) is 4.80. The van der Waals surface area contributed by atoms with E-state index in [0.717, 1.165) is 28.9 Å². The van der Waals surface area contributed by atoms with Crippen molar-refractivity contribution in [2.45, 2.75) is 46.5 Å². The Hall–Kier alpha value is -2.83. The van der Waals surface area contributed by atoms with E-state index in [1.807, 2.05) is 32.7 Å². The Labute approximate surface area is 169 Å². The molecule has 0 aliphatic carbocycles. The molecule has 0 unspecified atom stereocenters. The Morgan fingerprint density at radius 2 is 1.86 bits per heavy atom. The summed E-state index contributed by atoms with van der Waals surface area (Å²) in [6.07, 6.45) is -2.70. The number of rotatable bonds is 6. The van der Waals surface area contributed by atoms with Gasteiger partial charge in [-0.15, -0.1) is 0 Å². The van der Waals surface area contributed by atoms with Gasteiger partial charge in [0.05, 0.1) is 23.2 Å². The number of nitrogens with zero attached hydrogens (tertiary/aromatic N) is 2. The van der Waals surface area contributed by atoms with Gasteiger partial charge in [0.2, 0.25) is 0 Å². The first-order chi connectivity index (χ1) is 13.5. The van der Waals surface area contributed by atoms with Crippen molar-refractivity contribution in [1.82, 2.24) is 4.90 Å². The van der Waals surface area contributed by atoms with Crippen LogP contribution < -0.4 is 0 Å². The topological polar surface area (TPSA) is 41.9 Å². The summed E-state index contributed by atoms with van der Waals surface area (Å²) >= 11 is 0. The standard InChI is InChI=1S/C22H25F3N2O2/c1-14(2)27(5)13-26-20-10-9-19(15(3)16(20)4)21(28)29-12-17-7-6-8-18(11-17)22(23,24)25/h6-11,13-14H,12H2,1-5H3. The highest BCUT2D eigenvalue weighted by atomic mass is 19.4. The van der Waals surface area contributed by atoms with Crippen LogP contribution in [0.5, 0.6) is 0 Å². The van der Waals surface area contributed by atoms with Crippen molar-refractivity contribution in [1.29, 1.82) is 0 Å². The minimum absolute atomic E-state index is 0.236. The lowest BCUT2D eigenvalue weighted by molar-refractivity contribution is -0.137. The molecular formula is C22H25F3N2O2.